The van der Waals surface area contributed by atoms with Gasteiger partial charge in [0.05, 0.1) is 4.99 Å². The molecule has 0 aromatic rings. The summed E-state index contributed by atoms with van der Waals surface area (Å²) >= 11 is 5.16. The first-order valence-corrected chi connectivity index (χ1v) is 8.61. The van der Waals surface area contributed by atoms with Crippen LogP contribution in [0.1, 0.15) is 51.9 Å². The molecule has 2 fully saturated rings. The smallest absolute Gasteiger partial charge is 0.233 e. The first-order chi connectivity index (χ1) is 10.0. The number of nitrogens with two attached hydrogens (primary N) is 1. The van der Waals surface area contributed by atoms with Crippen molar-refractivity contribution in [3.8, 4) is 0 Å². The highest BCUT2D eigenvalue weighted by Gasteiger charge is 2.42. The highest BCUT2D eigenvalue weighted by molar-refractivity contribution is 7.80. The van der Waals surface area contributed by atoms with Gasteiger partial charge in [-0.1, -0.05) is 38.4 Å². The van der Waals surface area contributed by atoms with Crippen molar-refractivity contribution >= 4 is 23.1 Å². The topological polar surface area (TPSA) is 64.4 Å². The van der Waals surface area contributed by atoms with Crippen LogP contribution in [0.25, 0.3) is 0 Å². The molecule has 0 spiro atoms. The van der Waals surface area contributed by atoms with Gasteiger partial charge >= 0.3 is 0 Å². The Hall–Kier alpha value is -0.680. The van der Waals surface area contributed by atoms with Crippen molar-refractivity contribution in [2.45, 2.75) is 51.9 Å². The van der Waals surface area contributed by atoms with Crippen LogP contribution in [0, 0.1) is 17.3 Å². The van der Waals surface area contributed by atoms with Crippen molar-refractivity contribution in [3.63, 3.8) is 0 Å². The normalized spacial score (nSPS) is 28.8. The number of rotatable bonds is 5. The van der Waals surface area contributed by atoms with Crippen molar-refractivity contribution in [1.29, 1.82) is 0 Å². The van der Waals surface area contributed by atoms with Crippen LogP contribution in [0.4, 0.5) is 0 Å². The molecule has 2 rings (SSSR count). The van der Waals surface area contributed by atoms with Crippen LogP contribution in [-0.2, 0) is 9.53 Å². The second kappa shape index (κ2) is 7.54. The highest BCUT2D eigenvalue weighted by atomic mass is 32.1. The molecule has 1 aliphatic carbocycles. The van der Waals surface area contributed by atoms with Gasteiger partial charge in [0.25, 0.3) is 0 Å². The average molecular weight is 312 g/mol. The molecule has 0 radical (unpaired) electrons. The third-order valence-electron chi connectivity index (χ3n) is 5.14. The van der Waals surface area contributed by atoms with E-state index in [0.717, 1.165) is 24.8 Å². The summed E-state index contributed by atoms with van der Waals surface area (Å²) in [7, 11) is 0. The van der Waals surface area contributed by atoms with E-state index in [-0.39, 0.29) is 5.91 Å². The van der Waals surface area contributed by atoms with E-state index >= 15 is 0 Å². The maximum Gasteiger partial charge on any atom is 0.233 e. The molecule has 1 amide bonds. The SMILES string of the molecule is CC1CCCC(CCNC(=O)C2(C(N)=S)CCOCC2)C1. The first kappa shape index (κ1) is 16.7. The van der Waals surface area contributed by atoms with Gasteiger partial charge in [-0.25, -0.2) is 0 Å². The van der Waals surface area contributed by atoms with Crippen molar-refractivity contribution in [2.75, 3.05) is 19.8 Å². The van der Waals surface area contributed by atoms with Crippen LogP contribution in [0.15, 0.2) is 0 Å². The minimum atomic E-state index is -0.687. The molecule has 1 aliphatic heterocycles. The van der Waals surface area contributed by atoms with Gasteiger partial charge in [0.2, 0.25) is 5.91 Å². The lowest BCUT2D eigenvalue weighted by Gasteiger charge is -2.35. The number of ether oxygens (including phenoxy) is 1. The summed E-state index contributed by atoms with van der Waals surface area (Å²) < 4.78 is 5.34. The zero-order chi connectivity index (χ0) is 15.3. The third kappa shape index (κ3) is 4.16. The minimum absolute atomic E-state index is 0.00200. The Labute approximate surface area is 133 Å². The number of hydrogen-bond acceptors (Lipinski definition) is 3. The molecule has 1 saturated heterocycles. The third-order valence-corrected chi connectivity index (χ3v) is 5.53. The summed E-state index contributed by atoms with van der Waals surface area (Å²) in [6.07, 6.45) is 7.56. The van der Waals surface area contributed by atoms with Gasteiger partial charge < -0.3 is 15.8 Å². The average Bonchev–Trinajstić information content (AvgIpc) is 2.47. The van der Waals surface area contributed by atoms with Crippen LogP contribution >= 0.6 is 12.2 Å². The second-order valence-electron chi connectivity index (χ2n) is 6.74. The van der Waals surface area contributed by atoms with Crippen molar-refractivity contribution < 1.29 is 9.53 Å². The van der Waals surface area contributed by atoms with E-state index in [4.69, 9.17) is 22.7 Å². The van der Waals surface area contributed by atoms with Gasteiger partial charge in [0.1, 0.15) is 5.41 Å². The van der Waals surface area contributed by atoms with Crippen LogP contribution in [0.5, 0.6) is 0 Å². The molecule has 4 nitrogen and oxygen atoms in total. The molecule has 5 heteroatoms. The first-order valence-electron chi connectivity index (χ1n) is 8.20. The lowest BCUT2D eigenvalue weighted by atomic mass is 9.78. The standard InChI is InChI=1S/C16H28N2O2S/c1-12-3-2-4-13(11-12)5-8-18-15(19)16(14(17)21)6-9-20-10-7-16/h12-13H,2-11H2,1H3,(H2,17,21)(H,18,19). The van der Waals surface area contributed by atoms with E-state index in [0.29, 0.717) is 31.0 Å². The number of carbonyl (C=O) groups is 1. The van der Waals surface area contributed by atoms with Crippen molar-refractivity contribution in [3.05, 3.63) is 0 Å². The largest absolute Gasteiger partial charge is 0.392 e. The molecule has 0 aromatic heterocycles. The summed E-state index contributed by atoms with van der Waals surface area (Å²) in [4.78, 5) is 12.8. The van der Waals surface area contributed by atoms with Gasteiger partial charge in [-0.2, -0.15) is 0 Å². The molecule has 1 saturated carbocycles. The number of thiocarbonyl (C=S) groups is 1. The minimum Gasteiger partial charge on any atom is -0.392 e. The fourth-order valence-corrected chi connectivity index (χ4v) is 3.98. The lowest BCUT2D eigenvalue weighted by Crippen LogP contribution is -2.52. The fraction of sp³-hybridized carbons (Fsp3) is 0.875. The molecule has 2 atom stereocenters. The summed E-state index contributed by atoms with van der Waals surface area (Å²) in [5.41, 5.74) is 5.16. The Morgan fingerprint density at radius 3 is 2.71 bits per heavy atom. The highest BCUT2D eigenvalue weighted by Crippen LogP contribution is 2.32. The van der Waals surface area contributed by atoms with E-state index in [2.05, 4.69) is 12.2 Å². The summed E-state index contributed by atoms with van der Waals surface area (Å²) in [5.74, 6) is 1.59. The molecule has 120 valence electrons. The molecule has 0 bridgehead atoms. The Bertz CT molecular complexity index is 380. The van der Waals surface area contributed by atoms with Crippen LogP contribution in [0.2, 0.25) is 0 Å². The maximum atomic E-state index is 12.5. The molecular weight excluding hydrogens is 284 g/mol. The van der Waals surface area contributed by atoms with E-state index in [1.54, 1.807) is 0 Å². The summed E-state index contributed by atoms with van der Waals surface area (Å²) in [6, 6.07) is 0. The van der Waals surface area contributed by atoms with Crippen molar-refractivity contribution in [1.82, 2.24) is 5.32 Å². The van der Waals surface area contributed by atoms with Crippen LogP contribution < -0.4 is 11.1 Å². The van der Waals surface area contributed by atoms with Gasteiger partial charge in [-0.15, -0.1) is 0 Å². The van der Waals surface area contributed by atoms with Crippen LogP contribution in [-0.4, -0.2) is 30.7 Å². The molecule has 3 N–H and O–H groups in total. The van der Waals surface area contributed by atoms with E-state index < -0.39 is 5.41 Å². The number of amides is 1. The molecule has 0 aromatic carbocycles. The van der Waals surface area contributed by atoms with Gasteiger partial charge in [-0.3, -0.25) is 4.79 Å². The zero-order valence-corrected chi connectivity index (χ0v) is 13.8. The second-order valence-corrected chi connectivity index (χ2v) is 7.18. The predicted octanol–water partition coefficient (Wildman–Crippen LogP) is 2.40. The van der Waals surface area contributed by atoms with Crippen molar-refractivity contribution in [2.24, 2.45) is 23.0 Å². The molecular formula is C16H28N2O2S. The monoisotopic (exact) mass is 312 g/mol. The quantitative estimate of drug-likeness (QED) is 0.765. The Balaban J connectivity index is 1.81. The molecule has 1 heterocycles. The zero-order valence-electron chi connectivity index (χ0n) is 13.0. The predicted molar refractivity (Wildman–Crippen MR) is 88.0 cm³/mol. The van der Waals surface area contributed by atoms with E-state index in [1.807, 2.05) is 0 Å². The van der Waals surface area contributed by atoms with E-state index in [1.165, 1.54) is 25.7 Å². The summed E-state index contributed by atoms with van der Waals surface area (Å²) in [6.45, 7) is 4.19. The fourth-order valence-electron chi connectivity index (χ4n) is 3.69. The Morgan fingerprint density at radius 1 is 1.38 bits per heavy atom. The number of hydrogen-bond donors (Lipinski definition) is 2. The van der Waals surface area contributed by atoms with Gasteiger partial charge in [0, 0.05) is 19.8 Å². The molecule has 2 unspecified atom stereocenters. The van der Waals surface area contributed by atoms with Gasteiger partial charge in [0.15, 0.2) is 0 Å². The summed E-state index contributed by atoms with van der Waals surface area (Å²) in [5, 5.41) is 3.07. The molecule has 21 heavy (non-hydrogen) atoms. The van der Waals surface area contributed by atoms with E-state index in [9.17, 15) is 4.79 Å². The lowest BCUT2D eigenvalue weighted by molar-refractivity contribution is -0.131. The Kier molecular flexibility index (Phi) is 5.99. The van der Waals surface area contributed by atoms with Gasteiger partial charge in [-0.05, 0) is 37.5 Å². The number of nitrogens with one attached hydrogen (secondary N) is 1. The molecule has 2 aliphatic rings. The van der Waals surface area contributed by atoms with Crippen LogP contribution in [0.3, 0.4) is 0 Å². The Morgan fingerprint density at radius 2 is 2.10 bits per heavy atom. The maximum absolute atomic E-state index is 12.5. The number of carbonyl (C=O) groups excluding carboxylic acids is 1.